The summed E-state index contributed by atoms with van der Waals surface area (Å²) in [4.78, 5) is 27.3. The number of hydrogen-bond donors (Lipinski definition) is 2. The molecule has 1 saturated heterocycles. The van der Waals surface area contributed by atoms with Crippen LogP contribution < -0.4 is 14.8 Å². The van der Waals surface area contributed by atoms with Gasteiger partial charge in [0.05, 0.1) is 19.7 Å². The summed E-state index contributed by atoms with van der Waals surface area (Å²) in [5.74, 6) is 1.24. The summed E-state index contributed by atoms with van der Waals surface area (Å²) in [5.41, 5.74) is 2.35. The molecule has 0 unspecified atom stereocenters. The number of carbonyl (C=O) groups excluding carboxylic acids is 2. The Labute approximate surface area is 186 Å². The number of aromatic amines is 1. The smallest absolute Gasteiger partial charge is 0.274 e. The SMILES string of the molecule is COc1ccc(CCNC(=O)C2CCN(C(=O)c3n[nH]c4ccccc34)CC2)cc1OC. The van der Waals surface area contributed by atoms with Crippen LogP contribution in [0.15, 0.2) is 42.5 Å². The number of H-pyrrole nitrogens is 1. The number of aromatic nitrogens is 2. The first-order valence-corrected chi connectivity index (χ1v) is 10.8. The van der Waals surface area contributed by atoms with E-state index in [1.165, 1.54) is 0 Å². The monoisotopic (exact) mass is 436 g/mol. The summed E-state index contributed by atoms with van der Waals surface area (Å²) >= 11 is 0. The van der Waals surface area contributed by atoms with Crippen molar-refractivity contribution >= 4 is 22.7 Å². The average Bonchev–Trinajstić information content (AvgIpc) is 3.27. The summed E-state index contributed by atoms with van der Waals surface area (Å²) in [6.07, 6.45) is 2.00. The fraction of sp³-hybridized carbons (Fsp3) is 0.375. The lowest BCUT2D eigenvalue weighted by Gasteiger charge is -2.31. The molecule has 2 N–H and O–H groups in total. The van der Waals surface area contributed by atoms with Gasteiger partial charge in [0.1, 0.15) is 0 Å². The molecule has 1 aliphatic rings. The maximum Gasteiger partial charge on any atom is 0.274 e. The second-order valence-electron chi connectivity index (χ2n) is 7.91. The van der Waals surface area contributed by atoms with E-state index in [9.17, 15) is 9.59 Å². The summed E-state index contributed by atoms with van der Waals surface area (Å²) in [6, 6.07) is 13.4. The van der Waals surface area contributed by atoms with Gasteiger partial charge in [-0.25, -0.2) is 0 Å². The zero-order valence-corrected chi connectivity index (χ0v) is 18.4. The van der Waals surface area contributed by atoms with Gasteiger partial charge >= 0.3 is 0 Å². The van der Waals surface area contributed by atoms with E-state index in [1.54, 1.807) is 19.1 Å². The zero-order valence-electron chi connectivity index (χ0n) is 18.4. The number of para-hydroxylation sites is 1. The highest BCUT2D eigenvalue weighted by Gasteiger charge is 2.29. The molecule has 8 heteroatoms. The molecule has 0 radical (unpaired) electrons. The molecule has 2 heterocycles. The van der Waals surface area contributed by atoms with Crippen molar-refractivity contribution in [3.63, 3.8) is 0 Å². The van der Waals surface area contributed by atoms with Crippen molar-refractivity contribution in [2.24, 2.45) is 5.92 Å². The van der Waals surface area contributed by atoms with Crippen LogP contribution in [0.5, 0.6) is 11.5 Å². The van der Waals surface area contributed by atoms with Gasteiger partial charge in [-0.05, 0) is 43.0 Å². The third-order valence-electron chi connectivity index (χ3n) is 5.99. The van der Waals surface area contributed by atoms with Crippen molar-refractivity contribution in [3.05, 3.63) is 53.7 Å². The van der Waals surface area contributed by atoms with Crippen molar-refractivity contribution in [1.29, 1.82) is 0 Å². The van der Waals surface area contributed by atoms with Gasteiger partial charge in [-0.3, -0.25) is 14.7 Å². The van der Waals surface area contributed by atoms with Crippen LogP contribution in [0.4, 0.5) is 0 Å². The van der Waals surface area contributed by atoms with Crippen LogP contribution in [0.3, 0.4) is 0 Å². The van der Waals surface area contributed by atoms with Crippen molar-refractivity contribution < 1.29 is 19.1 Å². The second kappa shape index (κ2) is 9.72. The van der Waals surface area contributed by atoms with Gasteiger partial charge in [0.2, 0.25) is 5.91 Å². The van der Waals surface area contributed by atoms with Gasteiger partial charge in [-0.1, -0.05) is 24.3 Å². The standard InChI is InChI=1S/C24H28N4O4/c1-31-20-8-7-16(15-21(20)32-2)9-12-25-23(29)17-10-13-28(14-11-17)24(30)22-18-5-3-4-6-19(18)26-27-22/h3-8,15,17H,9-14H2,1-2H3,(H,25,29)(H,26,27). The number of methoxy groups -OCH3 is 2. The number of hydrogen-bond acceptors (Lipinski definition) is 5. The first kappa shape index (κ1) is 21.7. The van der Waals surface area contributed by atoms with Crippen LogP contribution in [-0.4, -0.2) is 60.8 Å². The van der Waals surface area contributed by atoms with Gasteiger partial charge in [0.15, 0.2) is 17.2 Å². The Hall–Kier alpha value is -3.55. The average molecular weight is 437 g/mol. The predicted molar refractivity (Wildman–Crippen MR) is 121 cm³/mol. The first-order chi connectivity index (χ1) is 15.6. The largest absolute Gasteiger partial charge is 0.493 e. The molecule has 1 aliphatic heterocycles. The van der Waals surface area contributed by atoms with Gasteiger partial charge in [-0.2, -0.15) is 5.10 Å². The summed E-state index contributed by atoms with van der Waals surface area (Å²) in [5, 5.41) is 11.0. The van der Waals surface area contributed by atoms with Crippen LogP contribution in [-0.2, 0) is 11.2 Å². The number of likely N-dealkylation sites (tertiary alicyclic amines) is 1. The number of nitrogens with one attached hydrogen (secondary N) is 2. The van der Waals surface area contributed by atoms with E-state index in [0.29, 0.717) is 56.1 Å². The fourth-order valence-corrected chi connectivity index (χ4v) is 4.13. The molecular weight excluding hydrogens is 408 g/mol. The minimum Gasteiger partial charge on any atom is -0.493 e. The highest BCUT2D eigenvalue weighted by atomic mass is 16.5. The normalized spacial score (nSPS) is 14.4. The number of carbonyl (C=O) groups is 2. The highest BCUT2D eigenvalue weighted by Crippen LogP contribution is 2.27. The van der Waals surface area contributed by atoms with Crippen LogP contribution in [0.2, 0.25) is 0 Å². The molecule has 4 rings (SSSR count). The third-order valence-corrected chi connectivity index (χ3v) is 5.99. The number of piperidine rings is 1. The second-order valence-corrected chi connectivity index (χ2v) is 7.91. The molecule has 0 saturated carbocycles. The number of rotatable bonds is 7. The molecule has 1 fully saturated rings. The van der Waals surface area contributed by atoms with E-state index < -0.39 is 0 Å². The summed E-state index contributed by atoms with van der Waals surface area (Å²) < 4.78 is 10.6. The third kappa shape index (κ3) is 4.54. The zero-order chi connectivity index (χ0) is 22.5. The minimum absolute atomic E-state index is 0.0443. The maximum absolute atomic E-state index is 12.9. The van der Waals surface area contributed by atoms with Gasteiger partial charge in [-0.15, -0.1) is 0 Å². The molecule has 168 valence electrons. The van der Waals surface area contributed by atoms with Crippen LogP contribution >= 0.6 is 0 Å². The summed E-state index contributed by atoms with van der Waals surface area (Å²) in [6.45, 7) is 1.65. The molecule has 2 aromatic carbocycles. The Kier molecular flexibility index (Phi) is 6.58. The quantitative estimate of drug-likeness (QED) is 0.594. The molecule has 3 aromatic rings. The fourth-order valence-electron chi connectivity index (χ4n) is 4.13. The van der Waals surface area contributed by atoms with Crippen molar-refractivity contribution in [2.45, 2.75) is 19.3 Å². The number of ether oxygens (including phenoxy) is 2. The van der Waals surface area contributed by atoms with E-state index in [-0.39, 0.29) is 17.7 Å². The van der Waals surface area contributed by atoms with E-state index >= 15 is 0 Å². The Morgan fingerprint density at radius 2 is 1.84 bits per heavy atom. The maximum atomic E-state index is 12.9. The number of nitrogens with zero attached hydrogens (tertiary/aromatic N) is 2. The Morgan fingerprint density at radius 3 is 2.59 bits per heavy atom. The molecule has 0 bridgehead atoms. The Bertz CT molecular complexity index is 1100. The topological polar surface area (TPSA) is 96.5 Å². The van der Waals surface area contributed by atoms with E-state index in [1.807, 2.05) is 42.5 Å². The highest BCUT2D eigenvalue weighted by molar-refractivity contribution is 6.04. The predicted octanol–water partition coefficient (Wildman–Crippen LogP) is 2.79. The van der Waals surface area contributed by atoms with Gasteiger partial charge < -0.3 is 19.7 Å². The van der Waals surface area contributed by atoms with Crippen molar-refractivity contribution in [1.82, 2.24) is 20.4 Å². The van der Waals surface area contributed by atoms with Gasteiger partial charge in [0.25, 0.3) is 5.91 Å². The molecule has 0 spiro atoms. The molecule has 8 nitrogen and oxygen atoms in total. The van der Waals surface area contributed by atoms with Crippen LogP contribution in [0.25, 0.3) is 10.9 Å². The lowest BCUT2D eigenvalue weighted by molar-refractivity contribution is -0.126. The number of amides is 2. The van der Waals surface area contributed by atoms with Crippen molar-refractivity contribution in [2.75, 3.05) is 33.9 Å². The number of fused-ring (bicyclic) bond motifs is 1. The van der Waals surface area contributed by atoms with Gasteiger partial charge in [0, 0.05) is 30.9 Å². The Morgan fingerprint density at radius 1 is 1.09 bits per heavy atom. The van der Waals surface area contributed by atoms with Crippen LogP contribution in [0.1, 0.15) is 28.9 Å². The number of benzene rings is 2. The van der Waals surface area contributed by atoms with E-state index in [0.717, 1.165) is 16.5 Å². The first-order valence-electron chi connectivity index (χ1n) is 10.8. The minimum atomic E-state index is -0.0882. The van der Waals surface area contributed by atoms with E-state index in [2.05, 4.69) is 15.5 Å². The molecule has 0 atom stereocenters. The lowest BCUT2D eigenvalue weighted by atomic mass is 9.95. The molecule has 2 amide bonds. The van der Waals surface area contributed by atoms with E-state index in [4.69, 9.17) is 9.47 Å². The molecule has 1 aromatic heterocycles. The van der Waals surface area contributed by atoms with Crippen LogP contribution in [0, 0.1) is 5.92 Å². The molecular formula is C24H28N4O4. The van der Waals surface area contributed by atoms with Crippen molar-refractivity contribution in [3.8, 4) is 11.5 Å². The summed E-state index contributed by atoms with van der Waals surface area (Å²) in [7, 11) is 3.21. The molecule has 32 heavy (non-hydrogen) atoms. The Balaban J connectivity index is 1.26. The molecule has 0 aliphatic carbocycles. The lowest BCUT2D eigenvalue weighted by Crippen LogP contribution is -2.43.